The Kier molecular flexibility index (Phi) is 3.95. The van der Waals surface area contributed by atoms with Gasteiger partial charge in [0.05, 0.1) is 11.8 Å². The molecule has 0 aliphatic rings. The van der Waals surface area contributed by atoms with Gasteiger partial charge in [0.1, 0.15) is 5.76 Å². The molecule has 0 spiro atoms. The molecule has 0 bridgehead atoms. The maximum absolute atomic E-state index is 10.7. The molecule has 0 amide bonds. The summed E-state index contributed by atoms with van der Waals surface area (Å²) >= 11 is 1.46. The van der Waals surface area contributed by atoms with E-state index in [0.717, 1.165) is 23.6 Å². The van der Waals surface area contributed by atoms with Gasteiger partial charge in [0, 0.05) is 29.8 Å². The van der Waals surface area contributed by atoms with E-state index in [1.54, 1.807) is 17.7 Å². The van der Waals surface area contributed by atoms with Crippen molar-refractivity contribution < 1.29 is 14.3 Å². The highest BCUT2D eigenvalue weighted by Gasteiger charge is 2.05. The average Bonchev–Trinajstić information content (AvgIpc) is 2.96. The van der Waals surface area contributed by atoms with E-state index in [9.17, 15) is 4.79 Å². The molecule has 17 heavy (non-hydrogen) atoms. The van der Waals surface area contributed by atoms with Crippen LogP contribution in [0.5, 0.6) is 0 Å². The lowest BCUT2D eigenvalue weighted by atomic mass is 10.3. The van der Waals surface area contributed by atoms with Gasteiger partial charge in [0.2, 0.25) is 0 Å². The molecule has 0 aromatic carbocycles. The third-order valence-corrected chi connectivity index (χ3v) is 3.26. The molecule has 2 N–H and O–H groups in total. The Morgan fingerprint density at radius 1 is 1.53 bits per heavy atom. The van der Waals surface area contributed by atoms with Crippen molar-refractivity contribution in [2.75, 3.05) is 6.54 Å². The third-order valence-electron chi connectivity index (χ3n) is 2.33. The van der Waals surface area contributed by atoms with E-state index in [4.69, 9.17) is 9.52 Å². The van der Waals surface area contributed by atoms with E-state index in [2.05, 4.69) is 5.32 Å². The van der Waals surface area contributed by atoms with Crippen LogP contribution in [0, 0.1) is 0 Å². The van der Waals surface area contributed by atoms with Gasteiger partial charge in [0.15, 0.2) is 0 Å². The molecule has 0 aliphatic carbocycles. The highest BCUT2D eigenvalue weighted by molar-refractivity contribution is 7.10. The van der Waals surface area contributed by atoms with Crippen molar-refractivity contribution in [3.63, 3.8) is 0 Å². The van der Waals surface area contributed by atoms with Gasteiger partial charge < -0.3 is 14.8 Å². The van der Waals surface area contributed by atoms with E-state index in [1.165, 1.54) is 11.3 Å². The van der Waals surface area contributed by atoms with Gasteiger partial charge in [0.25, 0.3) is 0 Å². The van der Waals surface area contributed by atoms with Crippen molar-refractivity contribution in [2.45, 2.75) is 13.0 Å². The standard InChI is InChI=1S/C12H13NO3S/c14-12(15)9-6-11(17-8-9)7-13-4-3-10-2-1-5-16-10/h1-2,5-6,8,13H,3-4,7H2,(H,14,15). The predicted molar refractivity (Wildman–Crippen MR) is 65.4 cm³/mol. The molecule has 0 unspecified atom stereocenters. The molecule has 0 radical (unpaired) electrons. The van der Waals surface area contributed by atoms with Crippen molar-refractivity contribution >= 4 is 17.3 Å². The molecule has 0 saturated heterocycles. The van der Waals surface area contributed by atoms with E-state index in [0.29, 0.717) is 12.1 Å². The number of carbonyl (C=O) groups is 1. The average molecular weight is 251 g/mol. The van der Waals surface area contributed by atoms with Crippen LogP contribution in [0.4, 0.5) is 0 Å². The first kappa shape index (κ1) is 11.9. The van der Waals surface area contributed by atoms with Crippen molar-refractivity contribution in [2.24, 2.45) is 0 Å². The fraction of sp³-hybridized carbons (Fsp3) is 0.250. The number of hydrogen-bond donors (Lipinski definition) is 2. The molecule has 0 fully saturated rings. The first-order chi connectivity index (χ1) is 8.25. The summed E-state index contributed by atoms with van der Waals surface area (Å²) in [6.45, 7) is 1.51. The molecule has 0 saturated carbocycles. The zero-order valence-corrected chi connectivity index (χ0v) is 10.00. The van der Waals surface area contributed by atoms with Gasteiger partial charge in [-0.3, -0.25) is 0 Å². The van der Waals surface area contributed by atoms with Crippen molar-refractivity contribution in [1.82, 2.24) is 5.32 Å². The zero-order valence-electron chi connectivity index (χ0n) is 9.18. The normalized spacial score (nSPS) is 10.6. The lowest BCUT2D eigenvalue weighted by molar-refractivity contribution is 0.0697. The summed E-state index contributed by atoms with van der Waals surface area (Å²) in [5.74, 6) is 0.0815. The first-order valence-corrected chi connectivity index (χ1v) is 6.17. The summed E-state index contributed by atoms with van der Waals surface area (Å²) in [5.41, 5.74) is 0.359. The van der Waals surface area contributed by atoms with Crippen LogP contribution >= 0.6 is 11.3 Å². The SMILES string of the molecule is O=C(O)c1csc(CNCCc2ccco2)c1. The summed E-state index contributed by atoms with van der Waals surface area (Å²) in [6.07, 6.45) is 2.50. The minimum absolute atomic E-state index is 0.359. The van der Waals surface area contributed by atoms with Crippen molar-refractivity contribution in [1.29, 1.82) is 0 Å². The number of nitrogens with one attached hydrogen (secondary N) is 1. The Hall–Kier alpha value is -1.59. The zero-order chi connectivity index (χ0) is 12.1. The first-order valence-electron chi connectivity index (χ1n) is 5.29. The van der Waals surface area contributed by atoms with E-state index < -0.39 is 5.97 Å². The molecule has 2 aromatic heterocycles. The van der Waals surface area contributed by atoms with Crippen LogP contribution in [-0.2, 0) is 13.0 Å². The summed E-state index contributed by atoms with van der Waals surface area (Å²) in [7, 11) is 0. The number of aromatic carboxylic acids is 1. The Balaban J connectivity index is 1.72. The van der Waals surface area contributed by atoms with E-state index >= 15 is 0 Å². The largest absolute Gasteiger partial charge is 0.478 e. The minimum Gasteiger partial charge on any atom is -0.478 e. The quantitative estimate of drug-likeness (QED) is 0.774. The van der Waals surface area contributed by atoms with Crippen LogP contribution in [0.3, 0.4) is 0 Å². The summed E-state index contributed by atoms with van der Waals surface area (Å²) in [5, 5.41) is 13.7. The lowest BCUT2D eigenvalue weighted by Gasteiger charge is -2.00. The van der Waals surface area contributed by atoms with Crippen molar-refractivity contribution in [3.8, 4) is 0 Å². The highest BCUT2D eigenvalue weighted by atomic mass is 32.1. The molecular formula is C12H13NO3S. The maximum atomic E-state index is 10.7. The molecule has 2 rings (SSSR count). The van der Waals surface area contributed by atoms with Gasteiger partial charge in [-0.25, -0.2) is 4.79 Å². The van der Waals surface area contributed by atoms with E-state index in [1.807, 2.05) is 12.1 Å². The Bertz CT molecular complexity index is 476. The topological polar surface area (TPSA) is 62.5 Å². The van der Waals surface area contributed by atoms with E-state index in [-0.39, 0.29) is 0 Å². The van der Waals surface area contributed by atoms with Gasteiger partial charge in [-0.15, -0.1) is 11.3 Å². The number of carboxylic acids is 1. The molecule has 0 aliphatic heterocycles. The fourth-order valence-corrected chi connectivity index (χ4v) is 2.29. The Morgan fingerprint density at radius 3 is 3.06 bits per heavy atom. The minimum atomic E-state index is -0.872. The smallest absolute Gasteiger partial charge is 0.336 e. The van der Waals surface area contributed by atoms with Crippen LogP contribution in [0.1, 0.15) is 21.0 Å². The summed E-state index contributed by atoms with van der Waals surface area (Å²) in [4.78, 5) is 11.7. The van der Waals surface area contributed by atoms with Gasteiger partial charge in [-0.2, -0.15) is 0 Å². The summed E-state index contributed by atoms with van der Waals surface area (Å²) in [6, 6.07) is 5.51. The second-order valence-corrected chi connectivity index (χ2v) is 4.61. The van der Waals surface area contributed by atoms with Gasteiger partial charge in [-0.05, 0) is 18.2 Å². The second-order valence-electron chi connectivity index (χ2n) is 3.61. The number of furan rings is 1. The monoisotopic (exact) mass is 251 g/mol. The molecule has 2 heterocycles. The van der Waals surface area contributed by atoms with Gasteiger partial charge >= 0.3 is 5.97 Å². The number of rotatable bonds is 6. The van der Waals surface area contributed by atoms with Gasteiger partial charge in [-0.1, -0.05) is 0 Å². The molecule has 90 valence electrons. The lowest BCUT2D eigenvalue weighted by Crippen LogP contribution is -2.15. The Morgan fingerprint density at radius 2 is 2.41 bits per heavy atom. The molecular weight excluding hydrogens is 238 g/mol. The maximum Gasteiger partial charge on any atom is 0.336 e. The Labute approximate surface area is 103 Å². The fourth-order valence-electron chi connectivity index (χ4n) is 1.46. The number of hydrogen-bond acceptors (Lipinski definition) is 4. The van der Waals surface area contributed by atoms with Crippen LogP contribution in [0.15, 0.2) is 34.3 Å². The van der Waals surface area contributed by atoms with Crippen LogP contribution in [0.2, 0.25) is 0 Å². The molecule has 4 nitrogen and oxygen atoms in total. The van der Waals surface area contributed by atoms with Crippen molar-refractivity contribution in [3.05, 3.63) is 46.0 Å². The van der Waals surface area contributed by atoms with Crippen LogP contribution < -0.4 is 5.32 Å². The molecule has 0 atom stereocenters. The highest BCUT2D eigenvalue weighted by Crippen LogP contribution is 2.14. The van der Waals surface area contributed by atoms with Crippen LogP contribution in [0.25, 0.3) is 0 Å². The second kappa shape index (κ2) is 5.65. The molecule has 5 heteroatoms. The van der Waals surface area contributed by atoms with Crippen LogP contribution in [-0.4, -0.2) is 17.6 Å². The third kappa shape index (κ3) is 3.44. The number of carboxylic acid groups (broad SMARTS) is 1. The predicted octanol–water partition coefficient (Wildman–Crippen LogP) is 2.37. The summed E-state index contributed by atoms with van der Waals surface area (Å²) < 4.78 is 5.21. The number of thiophene rings is 1. The molecule has 2 aromatic rings.